The van der Waals surface area contributed by atoms with Crippen LogP contribution in [0.25, 0.3) is 0 Å². The first-order valence-electron chi connectivity index (χ1n) is 12.2. The Balaban J connectivity index is 1.22. The predicted octanol–water partition coefficient (Wildman–Crippen LogP) is 3.44. The molecule has 0 unspecified atom stereocenters. The molecule has 5 rings (SSSR count). The van der Waals surface area contributed by atoms with Crippen LogP contribution in [0.2, 0.25) is 0 Å². The molecule has 7 heteroatoms. The largest absolute Gasteiger partial charge is 0.496 e. The number of rotatable bonds is 6. The van der Waals surface area contributed by atoms with Crippen LogP contribution >= 0.6 is 0 Å². The number of hydrogen-bond donors (Lipinski definition) is 0. The van der Waals surface area contributed by atoms with Gasteiger partial charge in [0.05, 0.1) is 24.9 Å². The zero-order valence-electron chi connectivity index (χ0n) is 20.2. The molecule has 7 nitrogen and oxygen atoms in total. The van der Waals surface area contributed by atoms with Crippen molar-refractivity contribution in [2.24, 2.45) is 0 Å². The van der Waals surface area contributed by atoms with Gasteiger partial charge in [0.15, 0.2) is 0 Å². The highest BCUT2D eigenvalue weighted by Crippen LogP contribution is 2.27. The minimum atomic E-state index is -0.0340. The highest BCUT2D eigenvalue weighted by atomic mass is 16.5. The smallest absolute Gasteiger partial charge is 0.258 e. The molecular weight excluding hydrogens is 440 g/mol. The summed E-state index contributed by atoms with van der Waals surface area (Å²) in [6, 6.07) is 19.9. The molecule has 0 bridgehead atoms. The Labute approximate surface area is 206 Å². The molecule has 0 saturated carbocycles. The van der Waals surface area contributed by atoms with Crippen LogP contribution in [-0.4, -0.2) is 72.0 Å². The van der Waals surface area contributed by atoms with Crippen LogP contribution < -0.4 is 9.47 Å². The minimum Gasteiger partial charge on any atom is -0.496 e. The van der Waals surface area contributed by atoms with Crippen LogP contribution in [0, 0.1) is 0 Å². The fraction of sp³-hybridized carbons (Fsp3) is 0.357. The molecule has 0 radical (unpaired) electrons. The van der Waals surface area contributed by atoms with Crippen LogP contribution in [0.15, 0.2) is 66.9 Å². The fourth-order valence-electron chi connectivity index (χ4n) is 4.80. The summed E-state index contributed by atoms with van der Waals surface area (Å²) in [6.45, 7) is 7.46. The SMILES string of the molecule is COc1ccccc1C(=O)N1CCOc2ccc(CN3CCN(Cc4ccccn4)CC3)cc2C1. The maximum absolute atomic E-state index is 13.3. The van der Waals surface area contributed by atoms with Gasteiger partial charge < -0.3 is 14.4 Å². The van der Waals surface area contributed by atoms with E-state index in [0.29, 0.717) is 31.0 Å². The number of para-hydroxylation sites is 1. The van der Waals surface area contributed by atoms with Crippen molar-refractivity contribution >= 4 is 5.91 Å². The molecule has 182 valence electrons. The summed E-state index contributed by atoms with van der Waals surface area (Å²) >= 11 is 0. The summed E-state index contributed by atoms with van der Waals surface area (Å²) in [5.74, 6) is 1.43. The Morgan fingerprint density at radius 1 is 0.943 bits per heavy atom. The molecule has 1 saturated heterocycles. The van der Waals surface area contributed by atoms with Crippen LogP contribution in [0.1, 0.15) is 27.2 Å². The quantitative estimate of drug-likeness (QED) is 0.548. The van der Waals surface area contributed by atoms with Gasteiger partial charge in [-0.2, -0.15) is 0 Å². The van der Waals surface area contributed by atoms with Gasteiger partial charge in [0.25, 0.3) is 5.91 Å². The fourth-order valence-corrected chi connectivity index (χ4v) is 4.80. The molecule has 2 aromatic carbocycles. The molecule has 2 aliphatic rings. The maximum Gasteiger partial charge on any atom is 0.258 e. The second-order valence-corrected chi connectivity index (χ2v) is 9.09. The predicted molar refractivity (Wildman–Crippen MR) is 134 cm³/mol. The Morgan fingerprint density at radius 2 is 1.71 bits per heavy atom. The first kappa shape index (κ1) is 23.3. The van der Waals surface area contributed by atoms with Gasteiger partial charge in [-0.25, -0.2) is 0 Å². The number of hydrogen-bond acceptors (Lipinski definition) is 6. The Hall–Kier alpha value is -3.42. The first-order valence-corrected chi connectivity index (χ1v) is 12.2. The van der Waals surface area contributed by atoms with Gasteiger partial charge in [-0.15, -0.1) is 0 Å². The topological polar surface area (TPSA) is 58.1 Å². The Kier molecular flexibility index (Phi) is 7.25. The van der Waals surface area contributed by atoms with Gasteiger partial charge in [-0.3, -0.25) is 19.6 Å². The number of piperazine rings is 1. The summed E-state index contributed by atoms with van der Waals surface area (Å²) in [5.41, 5.74) is 4.01. The van der Waals surface area contributed by atoms with E-state index in [1.54, 1.807) is 7.11 Å². The lowest BCUT2D eigenvalue weighted by Crippen LogP contribution is -2.45. The van der Waals surface area contributed by atoms with Crippen molar-refractivity contribution in [2.75, 3.05) is 46.4 Å². The third kappa shape index (κ3) is 5.63. The maximum atomic E-state index is 13.3. The lowest BCUT2D eigenvalue weighted by molar-refractivity contribution is 0.0730. The van der Waals surface area contributed by atoms with Gasteiger partial charge in [0.2, 0.25) is 0 Å². The van der Waals surface area contributed by atoms with Crippen molar-refractivity contribution < 1.29 is 14.3 Å². The van der Waals surface area contributed by atoms with E-state index < -0.39 is 0 Å². The van der Waals surface area contributed by atoms with E-state index in [1.165, 1.54) is 5.56 Å². The first-order chi connectivity index (χ1) is 17.2. The van der Waals surface area contributed by atoms with E-state index in [-0.39, 0.29) is 5.91 Å². The van der Waals surface area contributed by atoms with E-state index in [4.69, 9.17) is 9.47 Å². The van der Waals surface area contributed by atoms with Crippen LogP contribution in [-0.2, 0) is 19.6 Å². The van der Waals surface area contributed by atoms with E-state index in [9.17, 15) is 4.79 Å². The number of pyridine rings is 1. The number of aromatic nitrogens is 1. The minimum absolute atomic E-state index is 0.0340. The average molecular weight is 473 g/mol. The van der Waals surface area contributed by atoms with Crippen molar-refractivity contribution in [1.29, 1.82) is 0 Å². The van der Waals surface area contributed by atoms with Crippen molar-refractivity contribution in [3.63, 3.8) is 0 Å². The van der Waals surface area contributed by atoms with Gasteiger partial charge in [-0.1, -0.05) is 24.3 Å². The lowest BCUT2D eigenvalue weighted by Gasteiger charge is -2.34. The molecular formula is C28H32N4O3. The molecule has 0 N–H and O–H groups in total. The standard InChI is InChI=1S/C28H32N4O3/c1-34-27-8-3-2-7-25(27)28(33)32-16-17-35-26-10-9-22(18-23(26)20-32)19-30-12-14-31(15-13-30)21-24-6-4-5-11-29-24/h2-11,18H,12-17,19-21H2,1H3. The van der Waals surface area contributed by atoms with Crippen LogP contribution in [0.3, 0.4) is 0 Å². The number of methoxy groups -OCH3 is 1. The Morgan fingerprint density at radius 3 is 2.49 bits per heavy atom. The summed E-state index contributed by atoms with van der Waals surface area (Å²) in [4.78, 5) is 24.5. The monoisotopic (exact) mass is 472 g/mol. The molecule has 1 aromatic heterocycles. The van der Waals surface area contributed by atoms with Gasteiger partial charge in [0.1, 0.15) is 18.1 Å². The zero-order chi connectivity index (χ0) is 24.0. The summed E-state index contributed by atoms with van der Waals surface area (Å²) in [5, 5.41) is 0. The van der Waals surface area contributed by atoms with Gasteiger partial charge in [-0.05, 0) is 42.0 Å². The normalized spacial score (nSPS) is 16.8. The van der Waals surface area contributed by atoms with Crippen molar-refractivity contribution in [3.8, 4) is 11.5 Å². The Bertz CT molecular complexity index is 1150. The van der Waals surface area contributed by atoms with Crippen molar-refractivity contribution in [1.82, 2.24) is 19.7 Å². The number of nitrogens with zero attached hydrogens (tertiary/aromatic N) is 4. The number of benzene rings is 2. The van der Waals surface area contributed by atoms with E-state index in [2.05, 4.69) is 39.0 Å². The van der Waals surface area contributed by atoms with Crippen LogP contribution in [0.5, 0.6) is 11.5 Å². The van der Waals surface area contributed by atoms with Gasteiger partial charge >= 0.3 is 0 Å². The highest BCUT2D eigenvalue weighted by molar-refractivity contribution is 5.97. The molecule has 35 heavy (non-hydrogen) atoms. The highest BCUT2D eigenvalue weighted by Gasteiger charge is 2.24. The zero-order valence-corrected chi connectivity index (χ0v) is 20.2. The van der Waals surface area contributed by atoms with Gasteiger partial charge in [0, 0.05) is 57.6 Å². The molecule has 3 aromatic rings. The van der Waals surface area contributed by atoms with Crippen LogP contribution in [0.4, 0.5) is 0 Å². The number of carbonyl (C=O) groups is 1. The van der Waals surface area contributed by atoms with E-state index >= 15 is 0 Å². The molecule has 0 spiro atoms. The molecule has 0 aliphatic carbocycles. The van der Waals surface area contributed by atoms with Crippen molar-refractivity contribution in [2.45, 2.75) is 19.6 Å². The molecule has 1 fully saturated rings. The van der Waals surface area contributed by atoms with E-state index in [0.717, 1.165) is 56.3 Å². The molecule has 0 atom stereocenters. The number of amides is 1. The lowest BCUT2D eigenvalue weighted by atomic mass is 10.1. The van der Waals surface area contributed by atoms with Crippen molar-refractivity contribution in [3.05, 3.63) is 89.2 Å². The number of carbonyl (C=O) groups excluding carboxylic acids is 1. The third-order valence-electron chi connectivity index (χ3n) is 6.71. The summed E-state index contributed by atoms with van der Waals surface area (Å²) in [7, 11) is 1.59. The second kappa shape index (κ2) is 10.9. The molecule has 3 heterocycles. The third-order valence-corrected chi connectivity index (χ3v) is 6.71. The molecule has 1 amide bonds. The second-order valence-electron chi connectivity index (χ2n) is 9.09. The van der Waals surface area contributed by atoms with E-state index in [1.807, 2.05) is 47.5 Å². The summed E-state index contributed by atoms with van der Waals surface area (Å²) < 4.78 is 11.4. The number of ether oxygens (including phenoxy) is 2. The molecule has 2 aliphatic heterocycles. The average Bonchev–Trinajstić information content (AvgIpc) is 3.12. The summed E-state index contributed by atoms with van der Waals surface area (Å²) in [6.07, 6.45) is 1.86. The number of fused-ring (bicyclic) bond motifs is 1.